The molecule has 0 bridgehead atoms. The second-order valence-corrected chi connectivity index (χ2v) is 4.58. The Kier molecular flexibility index (Phi) is 4.61. The molecule has 0 aliphatic heterocycles. The smallest absolute Gasteiger partial charge is 0.305 e. The van der Waals surface area contributed by atoms with Gasteiger partial charge in [0.25, 0.3) is 5.91 Å². The van der Waals surface area contributed by atoms with Crippen LogP contribution in [0.2, 0.25) is 0 Å². The van der Waals surface area contributed by atoms with Crippen molar-refractivity contribution in [1.82, 2.24) is 15.3 Å². The molecule has 1 heterocycles. The number of rotatable bonds is 5. The van der Waals surface area contributed by atoms with Gasteiger partial charge in [-0.1, -0.05) is 30.3 Å². The average Bonchev–Trinajstić information content (AvgIpc) is 2.47. The monoisotopic (exact) mass is 285 g/mol. The first-order valence-corrected chi connectivity index (χ1v) is 6.42. The number of aryl methyl sites for hydroxylation is 1. The van der Waals surface area contributed by atoms with Crippen molar-refractivity contribution in [2.24, 2.45) is 0 Å². The van der Waals surface area contributed by atoms with Crippen molar-refractivity contribution in [3.63, 3.8) is 0 Å². The van der Waals surface area contributed by atoms with E-state index in [1.165, 1.54) is 12.4 Å². The highest BCUT2D eigenvalue weighted by molar-refractivity contribution is 5.92. The summed E-state index contributed by atoms with van der Waals surface area (Å²) in [6.07, 6.45) is 2.66. The number of aliphatic carboxylic acids is 1. The van der Waals surface area contributed by atoms with E-state index in [9.17, 15) is 9.59 Å². The Morgan fingerprint density at radius 1 is 1.19 bits per heavy atom. The van der Waals surface area contributed by atoms with Crippen LogP contribution >= 0.6 is 0 Å². The molecule has 0 saturated heterocycles. The van der Waals surface area contributed by atoms with Crippen LogP contribution in [0.5, 0.6) is 0 Å². The molecule has 6 nitrogen and oxygen atoms in total. The Balaban J connectivity index is 2.17. The number of benzene rings is 1. The fraction of sp³-hybridized carbons (Fsp3) is 0.200. The van der Waals surface area contributed by atoms with Crippen LogP contribution in [0.15, 0.2) is 42.7 Å². The number of amides is 1. The minimum Gasteiger partial charge on any atom is -0.481 e. The van der Waals surface area contributed by atoms with E-state index in [0.717, 1.165) is 5.56 Å². The van der Waals surface area contributed by atoms with Crippen LogP contribution in [0.1, 0.15) is 34.2 Å². The summed E-state index contributed by atoms with van der Waals surface area (Å²) in [5.41, 5.74) is 1.59. The fourth-order valence-corrected chi connectivity index (χ4v) is 1.85. The van der Waals surface area contributed by atoms with Crippen molar-refractivity contribution in [2.45, 2.75) is 19.4 Å². The summed E-state index contributed by atoms with van der Waals surface area (Å²) in [4.78, 5) is 31.1. The predicted octanol–water partition coefficient (Wildman–Crippen LogP) is 1.73. The highest BCUT2D eigenvalue weighted by Crippen LogP contribution is 2.17. The Morgan fingerprint density at radius 3 is 2.48 bits per heavy atom. The lowest BCUT2D eigenvalue weighted by atomic mass is 10.0. The van der Waals surface area contributed by atoms with Gasteiger partial charge in [0.05, 0.1) is 24.4 Å². The molecule has 0 fully saturated rings. The maximum absolute atomic E-state index is 12.1. The van der Waals surface area contributed by atoms with Gasteiger partial charge in [0.15, 0.2) is 0 Å². The first-order chi connectivity index (χ1) is 10.1. The topological polar surface area (TPSA) is 92.2 Å². The molecule has 0 saturated carbocycles. The highest BCUT2D eigenvalue weighted by atomic mass is 16.4. The van der Waals surface area contributed by atoms with E-state index >= 15 is 0 Å². The normalized spacial score (nSPS) is 11.7. The molecule has 0 aliphatic carbocycles. The van der Waals surface area contributed by atoms with Crippen LogP contribution in [0, 0.1) is 6.92 Å². The van der Waals surface area contributed by atoms with E-state index in [1.54, 1.807) is 31.2 Å². The summed E-state index contributed by atoms with van der Waals surface area (Å²) in [5, 5.41) is 11.7. The quantitative estimate of drug-likeness (QED) is 0.872. The molecule has 1 unspecified atom stereocenters. The van der Waals surface area contributed by atoms with E-state index in [0.29, 0.717) is 5.69 Å². The second-order valence-electron chi connectivity index (χ2n) is 4.58. The third-order valence-electron chi connectivity index (χ3n) is 2.90. The molecule has 21 heavy (non-hydrogen) atoms. The molecule has 1 aromatic heterocycles. The minimum atomic E-state index is -0.987. The molecule has 0 aliphatic rings. The van der Waals surface area contributed by atoms with Gasteiger partial charge < -0.3 is 10.4 Å². The molecule has 2 rings (SSSR count). The summed E-state index contributed by atoms with van der Waals surface area (Å²) in [6, 6.07) is 8.35. The number of carboxylic acid groups (broad SMARTS) is 1. The van der Waals surface area contributed by atoms with Crippen molar-refractivity contribution in [3.05, 3.63) is 59.7 Å². The molecule has 1 aromatic carbocycles. The fourth-order valence-electron chi connectivity index (χ4n) is 1.85. The van der Waals surface area contributed by atoms with Gasteiger partial charge in [0, 0.05) is 6.20 Å². The van der Waals surface area contributed by atoms with E-state index in [4.69, 9.17) is 5.11 Å². The molecular formula is C15H15N3O3. The Bertz CT molecular complexity index is 626. The standard InChI is InChI=1S/C15H15N3O3/c1-10-8-17-13(9-16-10)15(21)18-12(7-14(19)20)11-5-3-2-4-6-11/h2-6,8-9,12H,7H2,1H3,(H,18,21)(H,19,20). The van der Waals surface area contributed by atoms with Gasteiger partial charge in [-0.25, -0.2) is 4.98 Å². The lowest BCUT2D eigenvalue weighted by molar-refractivity contribution is -0.137. The number of carbonyl (C=O) groups is 2. The number of hydrogen-bond donors (Lipinski definition) is 2. The predicted molar refractivity (Wildman–Crippen MR) is 75.7 cm³/mol. The van der Waals surface area contributed by atoms with Crippen molar-refractivity contribution in [2.75, 3.05) is 0 Å². The highest BCUT2D eigenvalue weighted by Gasteiger charge is 2.19. The Labute approximate surface area is 121 Å². The molecule has 0 spiro atoms. The van der Waals surface area contributed by atoms with Crippen LogP contribution in [0.3, 0.4) is 0 Å². The number of nitrogens with zero attached hydrogens (tertiary/aromatic N) is 2. The second kappa shape index (κ2) is 6.60. The van der Waals surface area contributed by atoms with Crippen LogP contribution < -0.4 is 5.32 Å². The zero-order chi connectivity index (χ0) is 15.2. The van der Waals surface area contributed by atoms with E-state index in [2.05, 4.69) is 15.3 Å². The average molecular weight is 285 g/mol. The number of nitrogens with one attached hydrogen (secondary N) is 1. The van der Waals surface area contributed by atoms with Crippen molar-refractivity contribution >= 4 is 11.9 Å². The third kappa shape index (κ3) is 4.10. The van der Waals surface area contributed by atoms with Gasteiger partial charge in [0.1, 0.15) is 5.69 Å². The molecule has 1 amide bonds. The van der Waals surface area contributed by atoms with Crippen LogP contribution in [-0.2, 0) is 4.79 Å². The maximum atomic E-state index is 12.1. The van der Waals surface area contributed by atoms with Gasteiger partial charge in [-0.2, -0.15) is 0 Å². The van der Waals surface area contributed by atoms with Gasteiger partial charge in [0.2, 0.25) is 0 Å². The van der Waals surface area contributed by atoms with E-state index < -0.39 is 17.9 Å². The first-order valence-electron chi connectivity index (χ1n) is 6.42. The Hall–Kier alpha value is -2.76. The summed E-state index contributed by atoms with van der Waals surface area (Å²) in [5.74, 6) is -1.43. The summed E-state index contributed by atoms with van der Waals surface area (Å²) >= 11 is 0. The SMILES string of the molecule is Cc1cnc(C(=O)NC(CC(=O)O)c2ccccc2)cn1. The summed E-state index contributed by atoms with van der Waals surface area (Å²) in [6.45, 7) is 1.77. The van der Waals surface area contributed by atoms with Crippen molar-refractivity contribution in [3.8, 4) is 0 Å². The van der Waals surface area contributed by atoms with Crippen molar-refractivity contribution in [1.29, 1.82) is 0 Å². The molecule has 1 atom stereocenters. The van der Waals surface area contributed by atoms with Gasteiger partial charge in [-0.15, -0.1) is 0 Å². The van der Waals surface area contributed by atoms with Gasteiger partial charge in [-0.3, -0.25) is 14.6 Å². The molecule has 2 N–H and O–H groups in total. The number of carbonyl (C=O) groups excluding carboxylic acids is 1. The molecular weight excluding hydrogens is 270 g/mol. The first kappa shape index (κ1) is 14.6. The largest absolute Gasteiger partial charge is 0.481 e. The minimum absolute atomic E-state index is 0.159. The third-order valence-corrected chi connectivity index (χ3v) is 2.90. The summed E-state index contributed by atoms with van der Waals surface area (Å²) < 4.78 is 0. The van der Waals surface area contributed by atoms with Crippen LogP contribution in [0.4, 0.5) is 0 Å². The van der Waals surface area contributed by atoms with Crippen LogP contribution in [-0.4, -0.2) is 27.0 Å². The number of aromatic nitrogens is 2. The lowest BCUT2D eigenvalue weighted by Gasteiger charge is -2.17. The number of hydrogen-bond acceptors (Lipinski definition) is 4. The molecule has 2 aromatic rings. The van der Waals surface area contributed by atoms with E-state index in [-0.39, 0.29) is 12.1 Å². The van der Waals surface area contributed by atoms with Gasteiger partial charge in [-0.05, 0) is 12.5 Å². The van der Waals surface area contributed by atoms with Gasteiger partial charge >= 0.3 is 5.97 Å². The number of carboxylic acids is 1. The molecule has 6 heteroatoms. The molecule has 108 valence electrons. The van der Waals surface area contributed by atoms with Crippen LogP contribution in [0.25, 0.3) is 0 Å². The molecule has 0 radical (unpaired) electrons. The Morgan fingerprint density at radius 2 is 1.90 bits per heavy atom. The lowest BCUT2D eigenvalue weighted by Crippen LogP contribution is -2.30. The maximum Gasteiger partial charge on any atom is 0.305 e. The zero-order valence-corrected chi connectivity index (χ0v) is 11.5. The zero-order valence-electron chi connectivity index (χ0n) is 11.5. The van der Waals surface area contributed by atoms with E-state index in [1.807, 2.05) is 6.07 Å². The summed E-state index contributed by atoms with van der Waals surface area (Å²) in [7, 11) is 0. The van der Waals surface area contributed by atoms with Crippen molar-refractivity contribution < 1.29 is 14.7 Å².